The summed E-state index contributed by atoms with van der Waals surface area (Å²) < 4.78 is 2.09. The van der Waals surface area contributed by atoms with Crippen LogP contribution in [-0.4, -0.2) is 9.49 Å². The van der Waals surface area contributed by atoms with Gasteiger partial charge in [-0.2, -0.15) is 0 Å². The molecule has 4 aromatic rings. The molecule has 1 heterocycles. The van der Waals surface area contributed by atoms with Gasteiger partial charge in [0.05, 0.1) is 16.3 Å². The standard InChI is InChI=1S/C23H16Cl3N3O2S/c24-17-5-7-19(8-6-17)27-23-28(12-11-15-1-4-18(25)13-21(15)26)22(14-32-23)16-2-9-20(10-3-16)29(30)31/h1-10,13-14H,11-12H2. The highest BCUT2D eigenvalue weighted by Crippen LogP contribution is 2.26. The molecule has 162 valence electrons. The zero-order valence-electron chi connectivity index (χ0n) is 16.5. The molecule has 0 fully saturated rings. The number of hydrogen-bond donors (Lipinski definition) is 0. The van der Waals surface area contributed by atoms with Crippen molar-refractivity contribution in [1.29, 1.82) is 0 Å². The lowest BCUT2D eigenvalue weighted by Gasteiger charge is -2.11. The number of rotatable bonds is 6. The van der Waals surface area contributed by atoms with Crippen LogP contribution in [0.4, 0.5) is 11.4 Å². The summed E-state index contributed by atoms with van der Waals surface area (Å²) in [7, 11) is 0. The van der Waals surface area contributed by atoms with Crippen LogP contribution in [0, 0.1) is 10.1 Å². The maximum Gasteiger partial charge on any atom is 0.269 e. The Kier molecular flexibility index (Phi) is 6.96. The van der Waals surface area contributed by atoms with Gasteiger partial charge in [0.25, 0.3) is 5.69 Å². The molecule has 0 aliphatic rings. The Hall–Kier alpha value is -2.64. The van der Waals surface area contributed by atoms with Gasteiger partial charge in [0.2, 0.25) is 0 Å². The van der Waals surface area contributed by atoms with Crippen LogP contribution in [0.3, 0.4) is 0 Å². The lowest BCUT2D eigenvalue weighted by Crippen LogP contribution is -2.17. The molecular weight excluding hydrogens is 489 g/mol. The molecule has 0 amide bonds. The highest BCUT2D eigenvalue weighted by molar-refractivity contribution is 7.07. The quantitative estimate of drug-likeness (QED) is 0.201. The van der Waals surface area contributed by atoms with E-state index in [-0.39, 0.29) is 5.69 Å². The lowest BCUT2D eigenvalue weighted by atomic mass is 10.1. The van der Waals surface area contributed by atoms with Crippen molar-refractivity contribution in [3.63, 3.8) is 0 Å². The molecule has 0 N–H and O–H groups in total. The molecule has 5 nitrogen and oxygen atoms in total. The van der Waals surface area contributed by atoms with Crippen molar-refractivity contribution in [3.05, 3.63) is 108 Å². The molecule has 0 radical (unpaired) electrons. The summed E-state index contributed by atoms with van der Waals surface area (Å²) in [5.74, 6) is 0. The van der Waals surface area contributed by atoms with Gasteiger partial charge < -0.3 is 4.57 Å². The van der Waals surface area contributed by atoms with Crippen LogP contribution >= 0.6 is 46.1 Å². The van der Waals surface area contributed by atoms with Crippen molar-refractivity contribution in [2.45, 2.75) is 13.0 Å². The number of aryl methyl sites for hydroxylation is 1. The van der Waals surface area contributed by atoms with Gasteiger partial charge in [0.1, 0.15) is 0 Å². The second-order valence-corrected chi connectivity index (χ2v) is 9.05. The number of nitro groups is 1. The Morgan fingerprint density at radius 3 is 2.28 bits per heavy atom. The number of aromatic nitrogens is 1. The van der Waals surface area contributed by atoms with E-state index in [4.69, 9.17) is 39.8 Å². The van der Waals surface area contributed by atoms with Crippen LogP contribution in [0.15, 0.2) is 77.1 Å². The number of halogens is 3. The van der Waals surface area contributed by atoms with Crippen LogP contribution in [-0.2, 0) is 13.0 Å². The fourth-order valence-corrected chi connectivity index (χ4v) is 4.79. The number of benzene rings is 3. The highest BCUT2D eigenvalue weighted by Gasteiger charge is 2.12. The fraction of sp³-hybridized carbons (Fsp3) is 0.0870. The van der Waals surface area contributed by atoms with Crippen molar-refractivity contribution < 1.29 is 4.92 Å². The number of non-ortho nitro benzene ring substituents is 1. The largest absolute Gasteiger partial charge is 0.316 e. The normalized spacial score (nSPS) is 11.7. The Bertz CT molecular complexity index is 1330. The monoisotopic (exact) mass is 503 g/mol. The number of nitrogens with zero attached hydrogens (tertiary/aromatic N) is 3. The Morgan fingerprint density at radius 2 is 1.62 bits per heavy atom. The van der Waals surface area contributed by atoms with Gasteiger partial charge in [-0.05, 0) is 66.1 Å². The molecule has 3 aromatic carbocycles. The molecule has 4 rings (SSSR count). The minimum absolute atomic E-state index is 0.0505. The van der Waals surface area contributed by atoms with Gasteiger partial charge in [-0.3, -0.25) is 10.1 Å². The summed E-state index contributed by atoms with van der Waals surface area (Å²) >= 11 is 19.9. The van der Waals surface area contributed by atoms with Crippen LogP contribution < -0.4 is 4.80 Å². The first-order valence-corrected chi connectivity index (χ1v) is 11.6. The van der Waals surface area contributed by atoms with Crippen molar-refractivity contribution in [3.8, 4) is 11.3 Å². The maximum atomic E-state index is 11.0. The fourth-order valence-electron chi connectivity index (χ4n) is 3.20. The second-order valence-electron chi connectivity index (χ2n) is 6.93. The number of hydrogen-bond acceptors (Lipinski definition) is 4. The minimum Gasteiger partial charge on any atom is -0.316 e. The van der Waals surface area contributed by atoms with Crippen LogP contribution in [0.5, 0.6) is 0 Å². The smallest absolute Gasteiger partial charge is 0.269 e. The van der Waals surface area contributed by atoms with Crippen molar-refractivity contribution >= 4 is 57.5 Å². The van der Waals surface area contributed by atoms with Crippen LogP contribution in [0.25, 0.3) is 11.3 Å². The SMILES string of the molecule is O=[N+]([O-])c1ccc(-c2csc(=Nc3ccc(Cl)cc3)n2CCc2ccc(Cl)cc2Cl)cc1. The zero-order valence-corrected chi connectivity index (χ0v) is 19.6. The van der Waals surface area contributed by atoms with Gasteiger partial charge in [-0.15, -0.1) is 11.3 Å². The third-order valence-electron chi connectivity index (χ3n) is 4.84. The van der Waals surface area contributed by atoms with E-state index < -0.39 is 4.92 Å². The molecule has 0 saturated carbocycles. The third-order valence-corrected chi connectivity index (χ3v) is 6.55. The van der Waals surface area contributed by atoms with Crippen LogP contribution in [0.1, 0.15) is 5.56 Å². The van der Waals surface area contributed by atoms with Gasteiger partial charge in [0, 0.05) is 39.1 Å². The molecule has 0 unspecified atom stereocenters. The predicted molar refractivity (Wildman–Crippen MR) is 131 cm³/mol. The minimum atomic E-state index is -0.407. The summed E-state index contributed by atoms with van der Waals surface area (Å²) in [6, 6.07) is 19.3. The average Bonchev–Trinajstić information content (AvgIpc) is 3.17. The summed E-state index contributed by atoms with van der Waals surface area (Å²) in [5.41, 5.74) is 3.59. The zero-order chi connectivity index (χ0) is 22.7. The summed E-state index contributed by atoms with van der Waals surface area (Å²) in [5, 5.41) is 14.9. The Balaban J connectivity index is 1.75. The third kappa shape index (κ3) is 5.22. The molecule has 1 aromatic heterocycles. The predicted octanol–water partition coefficient (Wildman–Crippen LogP) is 7.56. The number of nitro benzene ring substituents is 1. The highest BCUT2D eigenvalue weighted by atomic mass is 35.5. The Labute approximate surface area is 203 Å². The van der Waals surface area contributed by atoms with Crippen LogP contribution in [0.2, 0.25) is 15.1 Å². The van der Waals surface area contributed by atoms with Crippen molar-refractivity contribution in [2.24, 2.45) is 4.99 Å². The molecule has 0 saturated heterocycles. The average molecular weight is 505 g/mol. The van der Waals surface area contributed by atoms with Crippen molar-refractivity contribution in [1.82, 2.24) is 4.57 Å². The summed E-state index contributed by atoms with van der Waals surface area (Å²) in [4.78, 5) is 16.2. The molecule has 0 aliphatic heterocycles. The van der Waals surface area contributed by atoms with E-state index in [9.17, 15) is 10.1 Å². The first-order valence-electron chi connectivity index (χ1n) is 9.58. The Morgan fingerprint density at radius 1 is 0.938 bits per heavy atom. The van der Waals surface area contributed by atoms with Gasteiger partial charge in [-0.1, -0.05) is 40.9 Å². The van der Waals surface area contributed by atoms with E-state index in [1.54, 1.807) is 30.3 Å². The topological polar surface area (TPSA) is 60.4 Å². The molecule has 0 bridgehead atoms. The molecule has 0 atom stereocenters. The van der Waals surface area contributed by atoms with E-state index in [0.717, 1.165) is 27.3 Å². The summed E-state index contributed by atoms with van der Waals surface area (Å²) in [6.07, 6.45) is 0.667. The molecule has 32 heavy (non-hydrogen) atoms. The first-order chi connectivity index (χ1) is 15.4. The van der Waals surface area contributed by atoms with E-state index in [0.29, 0.717) is 28.0 Å². The summed E-state index contributed by atoms with van der Waals surface area (Å²) in [6.45, 7) is 0.615. The first kappa shape index (κ1) is 22.6. The maximum absolute atomic E-state index is 11.0. The lowest BCUT2D eigenvalue weighted by molar-refractivity contribution is -0.384. The van der Waals surface area contributed by atoms with Crippen molar-refractivity contribution in [2.75, 3.05) is 0 Å². The molecule has 0 spiro atoms. The molecular formula is C23H16Cl3N3O2S. The number of thiazole rings is 1. The van der Waals surface area contributed by atoms with E-state index in [2.05, 4.69) is 4.57 Å². The van der Waals surface area contributed by atoms with Gasteiger partial charge >= 0.3 is 0 Å². The van der Waals surface area contributed by atoms with Gasteiger partial charge in [0.15, 0.2) is 4.80 Å². The molecule has 9 heteroatoms. The van der Waals surface area contributed by atoms with E-state index >= 15 is 0 Å². The van der Waals surface area contributed by atoms with E-state index in [1.165, 1.54) is 23.5 Å². The second kappa shape index (κ2) is 9.88. The van der Waals surface area contributed by atoms with Gasteiger partial charge in [-0.25, -0.2) is 4.99 Å². The molecule has 0 aliphatic carbocycles. The van der Waals surface area contributed by atoms with E-state index in [1.807, 2.05) is 29.6 Å².